The van der Waals surface area contributed by atoms with E-state index in [1.165, 1.54) is 0 Å². The summed E-state index contributed by atoms with van der Waals surface area (Å²) in [5.41, 5.74) is 0.990. The molecule has 1 unspecified atom stereocenters. The third-order valence-electron chi connectivity index (χ3n) is 2.98. The van der Waals surface area contributed by atoms with Gasteiger partial charge >= 0.3 is 0 Å². The second-order valence-electron chi connectivity index (χ2n) is 4.00. The highest BCUT2D eigenvalue weighted by Crippen LogP contribution is 2.19. The molecule has 0 aromatic rings. The Labute approximate surface area is 94.1 Å². The second kappa shape index (κ2) is 3.68. The highest BCUT2D eigenvalue weighted by molar-refractivity contribution is 5.81. The first-order chi connectivity index (χ1) is 7.84. The maximum atomic E-state index is 11.7. The van der Waals surface area contributed by atoms with Crippen LogP contribution in [0.5, 0.6) is 0 Å². The summed E-state index contributed by atoms with van der Waals surface area (Å²) in [5, 5.41) is 6.28. The molecule has 1 atom stereocenters. The van der Waals surface area contributed by atoms with Crippen molar-refractivity contribution in [2.75, 3.05) is 19.6 Å². The fourth-order valence-corrected chi connectivity index (χ4v) is 2.12. The van der Waals surface area contributed by atoms with Crippen molar-refractivity contribution in [3.63, 3.8) is 0 Å². The summed E-state index contributed by atoms with van der Waals surface area (Å²) in [6, 6.07) is 0. The number of carbonyl (C=O) groups is 1. The summed E-state index contributed by atoms with van der Waals surface area (Å²) >= 11 is 0. The normalized spacial score (nSPS) is 27.9. The van der Waals surface area contributed by atoms with Gasteiger partial charge in [-0.25, -0.2) is 0 Å². The zero-order valence-electron chi connectivity index (χ0n) is 8.89. The van der Waals surface area contributed by atoms with Gasteiger partial charge in [-0.15, -0.1) is 0 Å². The van der Waals surface area contributed by atoms with Gasteiger partial charge in [0.25, 0.3) is 0 Å². The van der Waals surface area contributed by atoms with Crippen LogP contribution >= 0.6 is 0 Å². The lowest BCUT2D eigenvalue weighted by atomic mass is 10.2. The molecule has 5 heteroatoms. The molecule has 1 saturated heterocycles. The van der Waals surface area contributed by atoms with Crippen LogP contribution in [0.3, 0.4) is 0 Å². The first-order valence-electron chi connectivity index (χ1n) is 5.46. The van der Waals surface area contributed by atoms with Crippen LogP contribution in [0.4, 0.5) is 0 Å². The molecule has 16 heavy (non-hydrogen) atoms. The van der Waals surface area contributed by atoms with Gasteiger partial charge in [-0.1, -0.05) is 0 Å². The maximum absolute atomic E-state index is 11.7. The average molecular weight is 218 g/mol. The molecule has 2 N–H and O–H groups in total. The molecule has 5 nitrogen and oxygen atoms in total. The third kappa shape index (κ3) is 1.49. The minimum Gasteiger partial charge on any atom is -0.366 e. The predicted molar refractivity (Wildman–Crippen MR) is 59.7 cm³/mol. The van der Waals surface area contributed by atoms with E-state index in [1.807, 2.05) is 29.6 Å². The Hall–Kier alpha value is -1.75. The molecule has 0 aliphatic carbocycles. The van der Waals surface area contributed by atoms with Crippen molar-refractivity contribution in [3.8, 4) is 0 Å². The number of allylic oxidation sites excluding steroid dienone is 1. The molecule has 1 fully saturated rings. The van der Waals surface area contributed by atoms with Crippen LogP contribution in [0.25, 0.3) is 0 Å². The number of nitrogens with one attached hydrogen (secondary N) is 2. The summed E-state index contributed by atoms with van der Waals surface area (Å²) in [4.78, 5) is 15.6. The SMILES string of the molecule is O=C1CNCCN1C1=CC2NC=CN2C=C1. The fourth-order valence-electron chi connectivity index (χ4n) is 2.12. The first kappa shape index (κ1) is 9.47. The van der Waals surface area contributed by atoms with Crippen LogP contribution < -0.4 is 10.6 Å². The van der Waals surface area contributed by atoms with Gasteiger partial charge in [-0.2, -0.15) is 0 Å². The van der Waals surface area contributed by atoms with Crippen molar-refractivity contribution in [2.45, 2.75) is 6.17 Å². The van der Waals surface area contributed by atoms with Gasteiger partial charge in [0.1, 0.15) is 6.17 Å². The van der Waals surface area contributed by atoms with Crippen molar-refractivity contribution in [3.05, 3.63) is 36.4 Å². The van der Waals surface area contributed by atoms with E-state index in [-0.39, 0.29) is 12.1 Å². The Balaban J connectivity index is 1.80. The number of amides is 1. The Morgan fingerprint density at radius 3 is 3.19 bits per heavy atom. The molecule has 3 rings (SSSR count). The van der Waals surface area contributed by atoms with Crippen molar-refractivity contribution < 1.29 is 4.79 Å². The minimum atomic E-state index is 0.140. The number of piperazine rings is 1. The summed E-state index contributed by atoms with van der Waals surface area (Å²) in [6.07, 6.45) is 10.1. The van der Waals surface area contributed by atoms with E-state index >= 15 is 0 Å². The molecule has 3 heterocycles. The number of hydrogen-bond donors (Lipinski definition) is 2. The Kier molecular flexibility index (Phi) is 2.18. The van der Waals surface area contributed by atoms with Crippen molar-refractivity contribution in [2.24, 2.45) is 0 Å². The standard InChI is InChI=1S/C11H14N4O/c16-11-8-12-2-6-15(11)9-1-4-14-5-3-13-10(14)7-9/h1,3-5,7,10,12-13H,2,6,8H2. The molecule has 0 spiro atoms. The first-order valence-corrected chi connectivity index (χ1v) is 5.46. The summed E-state index contributed by atoms with van der Waals surface area (Å²) < 4.78 is 0. The second-order valence-corrected chi connectivity index (χ2v) is 4.00. The zero-order valence-corrected chi connectivity index (χ0v) is 8.89. The summed E-state index contributed by atoms with van der Waals surface area (Å²) in [5.74, 6) is 0.140. The lowest BCUT2D eigenvalue weighted by Crippen LogP contribution is -2.48. The molecule has 0 aromatic carbocycles. The van der Waals surface area contributed by atoms with Gasteiger partial charge in [0.05, 0.1) is 6.54 Å². The molecular weight excluding hydrogens is 204 g/mol. The highest BCUT2D eigenvalue weighted by atomic mass is 16.2. The van der Waals surface area contributed by atoms with Crippen molar-refractivity contribution in [1.29, 1.82) is 0 Å². The summed E-state index contributed by atoms with van der Waals surface area (Å²) in [7, 11) is 0. The molecule has 3 aliphatic heterocycles. The van der Waals surface area contributed by atoms with Gasteiger partial charge in [0.15, 0.2) is 0 Å². The lowest BCUT2D eigenvalue weighted by Gasteiger charge is -2.32. The smallest absolute Gasteiger partial charge is 0.240 e. The molecule has 1 amide bonds. The number of hydrogen-bond acceptors (Lipinski definition) is 4. The van der Waals surface area contributed by atoms with Crippen molar-refractivity contribution in [1.82, 2.24) is 20.4 Å². The van der Waals surface area contributed by atoms with Crippen molar-refractivity contribution >= 4 is 5.91 Å². The monoisotopic (exact) mass is 218 g/mol. The maximum Gasteiger partial charge on any atom is 0.240 e. The minimum absolute atomic E-state index is 0.140. The summed E-state index contributed by atoms with van der Waals surface area (Å²) in [6.45, 7) is 2.04. The van der Waals surface area contributed by atoms with Crippen LogP contribution in [0.1, 0.15) is 0 Å². The zero-order chi connectivity index (χ0) is 11.0. The van der Waals surface area contributed by atoms with E-state index < -0.39 is 0 Å². The van der Waals surface area contributed by atoms with Crippen LogP contribution in [-0.4, -0.2) is 41.5 Å². The molecule has 0 radical (unpaired) electrons. The average Bonchev–Trinajstić information content (AvgIpc) is 2.76. The molecule has 0 bridgehead atoms. The Bertz CT molecular complexity index is 399. The van der Waals surface area contributed by atoms with Gasteiger partial charge in [-0.3, -0.25) is 4.79 Å². The third-order valence-corrected chi connectivity index (χ3v) is 2.98. The quantitative estimate of drug-likeness (QED) is 0.625. The molecule has 0 aromatic heterocycles. The Morgan fingerprint density at radius 2 is 2.31 bits per heavy atom. The number of nitrogens with zero attached hydrogens (tertiary/aromatic N) is 2. The lowest BCUT2D eigenvalue weighted by molar-refractivity contribution is -0.129. The van der Waals surface area contributed by atoms with Gasteiger partial charge in [0.2, 0.25) is 5.91 Å². The Morgan fingerprint density at radius 1 is 1.38 bits per heavy atom. The van der Waals surface area contributed by atoms with E-state index in [2.05, 4.69) is 21.6 Å². The van der Waals surface area contributed by atoms with Crippen LogP contribution in [0.2, 0.25) is 0 Å². The van der Waals surface area contributed by atoms with Gasteiger partial charge in [0, 0.05) is 37.4 Å². The van der Waals surface area contributed by atoms with E-state index in [4.69, 9.17) is 0 Å². The predicted octanol–water partition coefficient (Wildman–Crippen LogP) is -0.468. The van der Waals surface area contributed by atoms with E-state index in [9.17, 15) is 4.79 Å². The topological polar surface area (TPSA) is 47.6 Å². The van der Waals surface area contributed by atoms with Crippen LogP contribution in [0.15, 0.2) is 36.4 Å². The van der Waals surface area contributed by atoms with Gasteiger partial charge < -0.3 is 20.4 Å². The number of rotatable bonds is 1. The molecule has 3 aliphatic rings. The highest BCUT2D eigenvalue weighted by Gasteiger charge is 2.25. The number of carbonyl (C=O) groups excluding carboxylic acids is 1. The fraction of sp³-hybridized carbons (Fsp3) is 0.364. The largest absolute Gasteiger partial charge is 0.366 e. The molecular formula is C11H14N4O. The number of fused-ring (bicyclic) bond motifs is 1. The van der Waals surface area contributed by atoms with Gasteiger partial charge in [-0.05, 0) is 12.2 Å². The van der Waals surface area contributed by atoms with Crippen LogP contribution in [0, 0.1) is 0 Å². The molecule has 84 valence electrons. The molecule has 0 saturated carbocycles. The van der Waals surface area contributed by atoms with Crippen LogP contribution in [-0.2, 0) is 4.79 Å². The van der Waals surface area contributed by atoms with E-state index in [0.29, 0.717) is 6.54 Å². The van der Waals surface area contributed by atoms with E-state index in [0.717, 1.165) is 18.8 Å². The van der Waals surface area contributed by atoms with E-state index in [1.54, 1.807) is 0 Å².